The minimum absolute atomic E-state index is 0.0671. The molecule has 0 radical (unpaired) electrons. The number of ketones is 1. The van der Waals surface area contributed by atoms with Crippen LogP contribution in [0.2, 0.25) is 0 Å². The van der Waals surface area contributed by atoms with Gasteiger partial charge in [-0.1, -0.05) is 24.8 Å². The van der Waals surface area contributed by atoms with E-state index in [9.17, 15) is 9.59 Å². The zero-order valence-electron chi connectivity index (χ0n) is 9.66. The predicted octanol–water partition coefficient (Wildman–Crippen LogP) is 2.34. The largest absolute Gasteiger partial charge is 0.458 e. The highest BCUT2D eigenvalue weighted by molar-refractivity contribution is 6.00. The van der Waals surface area contributed by atoms with Crippen molar-refractivity contribution in [1.29, 1.82) is 0 Å². The molecule has 0 bridgehead atoms. The number of hydrogen-bond donors (Lipinski definition) is 0. The smallest absolute Gasteiger partial charge is 0.303 e. The highest BCUT2D eigenvalue weighted by atomic mass is 16.5. The molecule has 0 heterocycles. The number of Topliss-reactive ketones (excluding diaryl/α,β-unsaturated/α-hetero) is 1. The molecule has 0 N–H and O–H groups in total. The second kappa shape index (κ2) is 5.45. The molecule has 0 aliphatic heterocycles. The Hall–Kier alpha value is -1.64. The Labute approximate surface area is 95.5 Å². The summed E-state index contributed by atoms with van der Waals surface area (Å²) in [5.41, 5.74) is 1.62. The van der Waals surface area contributed by atoms with Crippen LogP contribution in [0.25, 0.3) is 0 Å². The van der Waals surface area contributed by atoms with Gasteiger partial charge in [0.25, 0.3) is 0 Å². The van der Waals surface area contributed by atoms with Crippen molar-refractivity contribution in [3.8, 4) is 0 Å². The van der Waals surface area contributed by atoms with Crippen LogP contribution in [0.1, 0.15) is 26.7 Å². The Morgan fingerprint density at radius 1 is 1.62 bits per heavy atom. The minimum atomic E-state index is -0.364. The van der Waals surface area contributed by atoms with Crippen LogP contribution in [0.4, 0.5) is 0 Å². The van der Waals surface area contributed by atoms with Crippen molar-refractivity contribution in [2.45, 2.75) is 32.8 Å². The van der Waals surface area contributed by atoms with Gasteiger partial charge in [-0.3, -0.25) is 9.59 Å². The molecular formula is C13H16O3. The lowest BCUT2D eigenvalue weighted by atomic mass is 10.1. The SMILES string of the molecule is C=C/C=C\CC1=C(C)C(OC(C)=O)CC1=O. The molecule has 0 saturated carbocycles. The third-order valence-corrected chi connectivity index (χ3v) is 2.57. The van der Waals surface area contributed by atoms with Crippen LogP contribution in [0.15, 0.2) is 36.0 Å². The summed E-state index contributed by atoms with van der Waals surface area (Å²) in [7, 11) is 0. The average Bonchev–Trinajstić information content (AvgIpc) is 2.45. The minimum Gasteiger partial charge on any atom is -0.458 e. The van der Waals surface area contributed by atoms with Crippen LogP contribution in [-0.2, 0) is 14.3 Å². The van der Waals surface area contributed by atoms with Gasteiger partial charge in [-0.05, 0) is 18.9 Å². The molecule has 1 rings (SSSR count). The lowest BCUT2D eigenvalue weighted by Crippen LogP contribution is -2.15. The molecule has 0 aromatic rings. The van der Waals surface area contributed by atoms with Gasteiger partial charge in [-0.2, -0.15) is 0 Å². The lowest BCUT2D eigenvalue weighted by Gasteiger charge is -2.10. The number of rotatable bonds is 4. The zero-order valence-corrected chi connectivity index (χ0v) is 9.66. The van der Waals surface area contributed by atoms with Crippen LogP contribution in [0.5, 0.6) is 0 Å². The van der Waals surface area contributed by atoms with Gasteiger partial charge in [0, 0.05) is 12.5 Å². The fraction of sp³-hybridized carbons (Fsp3) is 0.385. The van der Waals surface area contributed by atoms with Crippen molar-refractivity contribution >= 4 is 11.8 Å². The van der Waals surface area contributed by atoms with E-state index in [2.05, 4.69) is 6.58 Å². The molecule has 0 spiro atoms. The molecule has 1 aliphatic rings. The summed E-state index contributed by atoms with van der Waals surface area (Å²) in [6.45, 7) is 6.76. The van der Waals surface area contributed by atoms with Gasteiger partial charge in [-0.15, -0.1) is 0 Å². The average molecular weight is 220 g/mol. The van der Waals surface area contributed by atoms with Gasteiger partial charge < -0.3 is 4.74 Å². The normalized spacial score (nSPS) is 20.6. The van der Waals surface area contributed by atoms with E-state index in [1.807, 2.05) is 13.0 Å². The predicted molar refractivity (Wildman–Crippen MR) is 61.8 cm³/mol. The van der Waals surface area contributed by atoms with E-state index in [0.717, 1.165) is 11.1 Å². The molecule has 0 aromatic heterocycles. The van der Waals surface area contributed by atoms with Crippen LogP contribution in [0.3, 0.4) is 0 Å². The lowest BCUT2D eigenvalue weighted by molar-refractivity contribution is -0.144. The maximum absolute atomic E-state index is 11.7. The number of carbonyl (C=O) groups excluding carboxylic acids is 2. The van der Waals surface area contributed by atoms with E-state index >= 15 is 0 Å². The molecule has 1 unspecified atom stereocenters. The summed E-state index contributed by atoms with van der Waals surface area (Å²) >= 11 is 0. The Bertz CT molecular complexity index is 375. The van der Waals surface area contributed by atoms with Crippen molar-refractivity contribution in [3.05, 3.63) is 36.0 Å². The summed E-state index contributed by atoms with van der Waals surface area (Å²) in [5, 5.41) is 0. The molecule has 16 heavy (non-hydrogen) atoms. The first-order valence-electron chi connectivity index (χ1n) is 5.24. The number of hydrogen-bond acceptors (Lipinski definition) is 3. The Balaban J connectivity index is 2.76. The van der Waals surface area contributed by atoms with Gasteiger partial charge >= 0.3 is 5.97 Å². The highest BCUT2D eigenvalue weighted by Crippen LogP contribution is 2.28. The molecule has 3 heteroatoms. The van der Waals surface area contributed by atoms with Crippen LogP contribution < -0.4 is 0 Å². The summed E-state index contributed by atoms with van der Waals surface area (Å²) in [6.07, 6.45) is 5.83. The van der Waals surface area contributed by atoms with E-state index in [0.29, 0.717) is 6.42 Å². The van der Waals surface area contributed by atoms with Gasteiger partial charge in [0.1, 0.15) is 6.10 Å². The quantitative estimate of drug-likeness (QED) is 0.539. The fourth-order valence-electron chi connectivity index (χ4n) is 1.75. The fourth-order valence-corrected chi connectivity index (χ4v) is 1.75. The van der Waals surface area contributed by atoms with Crippen molar-refractivity contribution in [3.63, 3.8) is 0 Å². The third kappa shape index (κ3) is 2.92. The Morgan fingerprint density at radius 2 is 2.31 bits per heavy atom. The van der Waals surface area contributed by atoms with E-state index < -0.39 is 0 Å². The first kappa shape index (κ1) is 12.4. The molecule has 0 fully saturated rings. The van der Waals surface area contributed by atoms with Crippen molar-refractivity contribution in [1.82, 2.24) is 0 Å². The van der Waals surface area contributed by atoms with Gasteiger partial charge in [0.15, 0.2) is 5.78 Å². The summed E-state index contributed by atoms with van der Waals surface area (Å²) < 4.78 is 5.07. The topological polar surface area (TPSA) is 43.4 Å². The van der Waals surface area contributed by atoms with Crippen LogP contribution in [0, 0.1) is 0 Å². The number of ether oxygens (including phenoxy) is 1. The second-order valence-corrected chi connectivity index (χ2v) is 3.75. The third-order valence-electron chi connectivity index (χ3n) is 2.57. The van der Waals surface area contributed by atoms with E-state index in [1.165, 1.54) is 6.92 Å². The second-order valence-electron chi connectivity index (χ2n) is 3.75. The van der Waals surface area contributed by atoms with Crippen molar-refractivity contribution < 1.29 is 14.3 Å². The van der Waals surface area contributed by atoms with Gasteiger partial charge in [0.05, 0.1) is 6.42 Å². The molecular weight excluding hydrogens is 204 g/mol. The van der Waals surface area contributed by atoms with Crippen molar-refractivity contribution in [2.75, 3.05) is 0 Å². The van der Waals surface area contributed by atoms with Crippen LogP contribution in [-0.4, -0.2) is 17.9 Å². The number of esters is 1. The van der Waals surface area contributed by atoms with E-state index in [4.69, 9.17) is 4.74 Å². The first-order valence-corrected chi connectivity index (χ1v) is 5.24. The van der Waals surface area contributed by atoms with Gasteiger partial charge in [-0.25, -0.2) is 0 Å². The standard InChI is InChI=1S/C13H16O3/c1-4-5-6-7-11-9(2)13(8-12(11)15)16-10(3)14/h4-6,13H,1,7-8H2,2-3H3/b6-5-. The molecule has 1 atom stereocenters. The highest BCUT2D eigenvalue weighted by Gasteiger charge is 2.30. The summed E-state index contributed by atoms with van der Waals surface area (Å²) in [4.78, 5) is 22.5. The number of carbonyl (C=O) groups is 2. The summed E-state index contributed by atoms with van der Waals surface area (Å²) in [6, 6.07) is 0. The van der Waals surface area contributed by atoms with E-state index in [1.54, 1.807) is 12.2 Å². The molecule has 0 saturated heterocycles. The summed E-state index contributed by atoms with van der Waals surface area (Å²) in [5.74, 6) is -0.280. The zero-order chi connectivity index (χ0) is 12.1. The molecule has 3 nitrogen and oxygen atoms in total. The molecule has 1 aliphatic carbocycles. The molecule has 0 aromatic carbocycles. The molecule has 86 valence electrons. The van der Waals surface area contributed by atoms with E-state index in [-0.39, 0.29) is 24.3 Å². The first-order chi connectivity index (χ1) is 7.56. The van der Waals surface area contributed by atoms with Crippen molar-refractivity contribution in [2.24, 2.45) is 0 Å². The monoisotopic (exact) mass is 220 g/mol. The molecule has 0 amide bonds. The Morgan fingerprint density at radius 3 is 2.88 bits per heavy atom. The van der Waals surface area contributed by atoms with Gasteiger partial charge in [0.2, 0.25) is 0 Å². The maximum atomic E-state index is 11.7. The van der Waals surface area contributed by atoms with Crippen LogP contribution >= 0.6 is 0 Å². The maximum Gasteiger partial charge on any atom is 0.303 e. The Kier molecular flexibility index (Phi) is 4.23. The number of allylic oxidation sites excluding steroid dienone is 4.